The molecule has 0 unspecified atom stereocenters. The van der Waals surface area contributed by atoms with Crippen LogP contribution in [-0.4, -0.2) is 10.2 Å². The van der Waals surface area contributed by atoms with Crippen molar-refractivity contribution in [2.75, 3.05) is 0 Å². The van der Waals surface area contributed by atoms with Crippen LogP contribution in [0, 0.1) is 5.92 Å². The van der Waals surface area contributed by atoms with Crippen molar-refractivity contribution in [3.63, 3.8) is 0 Å². The molecule has 0 amide bonds. The van der Waals surface area contributed by atoms with Gasteiger partial charge >= 0.3 is 0 Å². The number of hydrogen-bond acceptors (Lipinski definition) is 3. The number of hydrogen-bond donors (Lipinski definition) is 3. The van der Waals surface area contributed by atoms with E-state index in [1.54, 1.807) is 12.1 Å². The summed E-state index contributed by atoms with van der Waals surface area (Å²) >= 11 is 0. The summed E-state index contributed by atoms with van der Waals surface area (Å²) in [4.78, 5) is 0. The van der Waals surface area contributed by atoms with Gasteiger partial charge in [0, 0.05) is 17.7 Å². The predicted molar refractivity (Wildman–Crippen MR) is 70.5 cm³/mol. The van der Waals surface area contributed by atoms with Crippen LogP contribution in [-0.2, 0) is 0 Å². The molecule has 1 aromatic carbocycles. The highest BCUT2D eigenvalue weighted by atomic mass is 35.5. The molecule has 17 heavy (non-hydrogen) atoms. The molecule has 0 spiro atoms. The molecule has 0 aliphatic heterocycles. The van der Waals surface area contributed by atoms with E-state index < -0.39 is 0 Å². The molecule has 0 aromatic heterocycles. The Hall–Kier alpha value is -0.930. The molecule has 1 aliphatic carbocycles. The molecule has 3 nitrogen and oxygen atoms in total. The molecular formula is C13H20ClNO2. The van der Waals surface area contributed by atoms with Crippen LogP contribution in [0.15, 0.2) is 18.2 Å². The summed E-state index contributed by atoms with van der Waals surface area (Å²) in [5, 5.41) is 19.0. The van der Waals surface area contributed by atoms with Gasteiger partial charge in [-0.1, -0.05) is 25.3 Å². The molecule has 0 radical (unpaired) electrons. The number of benzene rings is 1. The van der Waals surface area contributed by atoms with E-state index >= 15 is 0 Å². The molecule has 1 atom stereocenters. The Morgan fingerprint density at radius 2 is 1.76 bits per heavy atom. The summed E-state index contributed by atoms with van der Waals surface area (Å²) in [5.74, 6) is 0.652. The highest BCUT2D eigenvalue weighted by molar-refractivity contribution is 5.85. The lowest BCUT2D eigenvalue weighted by Gasteiger charge is -2.28. The Kier molecular flexibility index (Phi) is 5.09. The third-order valence-corrected chi connectivity index (χ3v) is 3.53. The maximum atomic E-state index is 9.75. The van der Waals surface area contributed by atoms with Gasteiger partial charge in [-0.3, -0.25) is 0 Å². The van der Waals surface area contributed by atoms with Crippen molar-refractivity contribution in [3.8, 4) is 11.5 Å². The maximum absolute atomic E-state index is 9.75. The van der Waals surface area contributed by atoms with Crippen LogP contribution in [0.1, 0.15) is 43.7 Å². The second kappa shape index (κ2) is 6.12. The van der Waals surface area contributed by atoms with Gasteiger partial charge in [-0.2, -0.15) is 0 Å². The van der Waals surface area contributed by atoms with Crippen LogP contribution in [0.4, 0.5) is 0 Å². The van der Waals surface area contributed by atoms with E-state index in [0.29, 0.717) is 5.92 Å². The summed E-state index contributed by atoms with van der Waals surface area (Å²) in [6, 6.07) is 4.56. The molecule has 2 rings (SSSR count). The van der Waals surface area contributed by atoms with Crippen molar-refractivity contribution >= 4 is 12.4 Å². The summed E-state index contributed by atoms with van der Waals surface area (Å²) in [7, 11) is 0. The molecule has 96 valence electrons. The standard InChI is InChI=1S/C13H19NO2.ClH/c14-13(9-4-2-1-3-5-9)11-7-6-10(15)8-12(11)16;/h6-9,13,15-16H,1-5,14H2;1H/t13-;/m0./s1. The quantitative estimate of drug-likeness (QED) is 0.763. The zero-order chi connectivity index (χ0) is 11.5. The highest BCUT2D eigenvalue weighted by Gasteiger charge is 2.23. The van der Waals surface area contributed by atoms with E-state index in [1.807, 2.05) is 0 Å². The number of phenols is 2. The molecule has 0 bridgehead atoms. The van der Waals surface area contributed by atoms with Crippen LogP contribution in [0.3, 0.4) is 0 Å². The maximum Gasteiger partial charge on any atom is 0.124 e. The summed E-state index contributed by atoms with van der Waals surface area (Å²) in [6.07, 6.45) is 6.04. The van der Waals surface area contributed by atoms with Crippen LogP contribution in [0.5, 0.6) is 11.5 Å². The molecule has 0 saturated heterocycles. The first-order valence-electron chi connectivity index (χ1n) is 5.96. The van der Waals surface area contributed by atoms with Crippen molar-refractivity contribution < 1.29 is 10.2 Å². The van der Waals surface area contributed by atoms with Crippen molar-refractivity contribution in [3.05, 3.63) is 23.8 Å². The summed E-state index contributed by atoms with van der Waals surface area (Å²) in [5.41, 5.74) is 6.93. The molecule has 4 heteroatoms. The van der Waals surface area contributed by atoms with E-state index in [4.69, 9.17) is 5.73 Å². The predicted octanol–water partition coefficient (Wildman–Crippen LogP) is 3.10. The monoisotopic (exact) mass is 257 g/mol. The first-order chi connectivity index (χ1) is 7.68. The van der Waals surface area contributed by atoms with E-state index in [9.17, 15) is 10.2 Å². The minimum atomic E-state index is -0.110. The number of phenolic OH excluding ortho intramolecular Hbond substituents is 2. The van der Waals surface area contributed by atoms with Gasteiger partial charge in [-0.25, -0.2) is 0 Å². The van der Waals surface area contributed by atoms with Gasteiger partial charge in [0.15, 0.2) is 0 Å². The van der Waals surface area contributed by atoms with Gasteiger partial charge in [0.2, 0.25) is 0 Å². The van der Waals surface area contributed by atoms with Crippen molar-refractivity contribution in [1.29, 1.82) is 0 Å². The Morgan fingerprint density at radius 3 is 2.35 bits per heavy atom. The van der Waals surface area contributed by atoms with E-state index in [0.717, 1.165) is 18.4 Å². The largest absolute Gasteiger partial charge is 0.508 e. The van der Waals surface area contributed by atoms with E-state index in [2.05, 4.69) is 0 Å². The molecular weight excluding hydrogens is 238 g/mol. The topological polar surface area (TPSA) is 66.5 Å². The van der Waals surface area contributed by atoms with Gasteiger partial charge in [-0.15, -0.1) is 12.4 Å². The fourth-order valence-electron chi connectivity index (χ4n) is 2.56. The highest BCUT2D eigenvalue weighted by Crippen LogP contribution is 2.37. The van der Waals surface area contributed by atoms with Gasteiger partial charge in [-0.05, 0) is 24.8 Å². The van der Waals surface area contributed by atoms with Crippen LogP contribution < -0.4 is 5.73 Å². The first-order valence-corrected chi connectivity index (χ1v) is 5.96. The summed E-state index contributed by atoms with van der Waals surface area (Å²) in [6.45, 7) is 0. The smallest absolute Gasteiger partial charge is 0.124 e. The third kappa shape index (κ3) is 3.27. The second-order valence-electron chi connectivity index (χ2n) is 4.67. The molecule has 1 aromatic rings. The average molecular weight is 258 g/mol. The molecule has 1 aliphatic rings. The average Bonchev–Trinajstić information content (AvgIpc) is 2.29. The van der Waals surface area contributed by atoms with Crippen molar-refractivity contribution in [2.45, 2.75) is 38.1 Å². The normalized spacial score (nSPS) is 18.4. The Morgan fingerprint density at radius 1 is 1.12 bits per heavy atom. The molecule has 4 N–H and O–H groups in total. The minimum Gasteiger partial charge on any atom is -0.508 e. The van der Waals surface area contributed by atoms with Gasteiger partial charge in [0.1, 0.15) is 11.5 Å². The van der Waals surface area contributed by atoms with Crippen molar-refractivity contribution in [1.82, 2.24) is 0 Å². The SMILES string of the molecule is Cl.N[C@H](c1ccc(O)cc1O)C1CCCCC1. The molecule has 1 fully saturated rings. The fraction of sp³-hybridized carbons (Fsp3) is 0.538. The van der Waals surface area contributed by atoms with E-state index in [1.165, 1.54) is 25.3 Å². The minimum absolute atomic E-state index is 0. The lowest BCUT2D eigenvalue weighted by molar-refractivity contribution is 0.302. The number of halogens is 1. The Balaban J connectivity index is 0.00000144. The van der Waals surface area contributed by atoms with Gasteiger partial charge < -0.3 is 15.9 Å². The van der Waals surface area contributed by atoms with Crippen LogP contribution in [0.2, 0.25) is 0 Å². The third-order valence-electron chi connectivity index (χ3n) is 3.53. The van der Waals surface area contributed by atoms with Crippen LogP contribution in [0.25, 0.3) is 0 Å². The molecule has 1 saturated carbocycles. The summed E-state index contributed by atoms with van der Waals surface area (Å²) < 4.78 is 0. The lowest BCUT2D eigenvalue weighted by atomic mass is 9.81. The zero-order valence-corrected chi connectivity index (χ0v) is 10.6. The Labute approximate surface area is 108 Å². The first kappa shape index (κ1) is 14.1. The second-order valence-corrected chi connectivity index (χ2v) is 4.67. The van der Waals surface area contributed by atoms with Gasteiger partial charge in [0.25, 0.3) is 0 Å². The zero-order valence-electron chi connectivity index (χ0n) is 9.80. The molecule has 0 heterocycles. The number of aromatic hydroxyl groups is 2. The Bertz CT molecular complexity index is 364. The lowest BCUT2D eigenvalue weighted by Crippen LogP contribution is -2.23. The van der Waals surface area contributed by atoms with E-state index in [-0.39, 0.29) is 29.9 Å². The van der Waals surface area contributed by atoms with Crippen molar-refractivity contribution in [2.24, 2.45) is 11.7 Å². The number of rotatable bonds is 2. The van der Waals surface area contributed by atoms with Crippen LogP contribution >= 0.6 is 12.4 Å². The number of nitrogens with two attached hydrogens (primary N) is 1. The fourth-order valence-corrected chi connectivity index (χ4v) is 2.56. The van der Waals surface area contributed by atoms with Gasteiger partial charge in [0.05, 0.1) is 0 Å².